The molecule has 0 saturated heterocycles. The fourth-order valence-corrected chi connectivity index (χ4v) is 4.09. The Hall–Kier alpha value is -2.68. The van der Waals surface area contributed by atoms with Crippen molar-refractivity contribution < 1.29 is 19.4 Å². The van der Waals surface area contributed by atoms with Gasteiger partial charge in [-0.05, 0) is 48.6 Å². The van der Waals surface area contributed by atoms with Crippen molar-refractivity contribution in [2.24, 2.45) is 0 Å². The minimum Gasteiger partial charge on any atom is -0.478 e. The number of thiocarbonyl (C=S) groups is 1. The second-order valence-corrected chi connectivity index (χ2v) is 7.25. The Morgan fingerprint density at radius 3 is 2.52 bits per heavy atom. The highest BCUT2D eigenvalue weighted by atomic mass is 35.5. The van der Waals surface area contributed by atoms with Crippen molar-refractivity contribution in [3.8, 4) is 0 Å². The third-order valence-electron chi connectivity index (χ3n) is 3.63. The van der Waals surface area contributed by atoms with Crippen LogP contribution in [-0.4, -0.2) is 29.3 Å². The SMILES string of the molecule is COC(=O)c1sc2cc(NC(=S)Nc3cccc(C(=O)O)c3)ccc2c1Cl. The third kappa shape index (κ3) is 4.19. The van der Waals surface area contributed by atoms with Crippen LogP contribution in [0.2, 0.25) is 5.02 Å². The summed E-state index contributed by atoms with van der Waals surface area (Å²) in [6.45, 7) is 0. The number of halogens is 1. The first-order valence-corrected chi connectivity index (χ1v) is 9.21. The van der Waals surface area contributed by atoms with Gasteiger partial charge in [0.2, 0.25) is 0 Å². The van der Waals surface area contributed by atoms with Crippen LogP contribution in [0.1, 0.15) is 20.0 Å². The molecule has 0 atom stereocenters. The summed E-state index contributed by atoms with van der Waals surface area (Å²) >= 11 is 12.7. The highest BCUT2D eigenvalue weighted by molar-refractivity contribution is 7.80. The number of fused-ring (bicyclic) bond motifs is 1. The van der Waals surface area contributed by atoms with E-state index < -0.39 is 11.9 Å². The molecule has 0 unspecified atom stereocenters. The molecule has 138 valence electrons. The summed E-state index contributed by atoms with van der Waals surface area (Å²) in [6, 6.07) is 11.7. The van der Waals surface area contributed by atoms with Crippen LogP contribution >= 0.6 is 35.2 Å². The zero-order valence-corrected chi connectivity index (χ0v) is 16.3. The van der Waals surface area contributed by atoms with Crippen molar-refractivity contribution >= 4 is 73.7 Å². The number of hydrogen-bond acceptors (Lipinski definition) is 5. The average molecular weight is 421 g/mol. The molecule has 0 saturated carbocycles. The van der Waals surface area contributed by atoms with E-state index in [0.717, 1.165) is 10.1 Å². The maximum atomic E-state index is 11.8. The highest BCUT2D eigenvalue weighted by Crippen LogP contribution is 2.37. The van der Waals surface area contributed by atoms with Gasteiger partial charge < -0.3 is 20.5 Å². The molecule has 0 aliphatic carbocycles. The van der Waals surface area contributed by atoms with Gasteiger partial charge in [0, 0.05) is 21.5 Å². The predicted octanol–water partition coefficient (Wildman–Crippen LogP) is 4.85. The van der Waals surface area contributed by atoms with Gasteiger partial charge in [-0.25, -0.2) is 9.59 Å². The van der Waals surface area contributed by atoms with E-state index in [1.807, 2.05) is 6.07 Å². The van der Waals surface area contributed by atoms with Crippen LogP contribution in [0.3, 0.4) is 0 Å². The molecule has 0 fully saturated rings. The standard InChI is InChI=1S/C18H13ClN2O4S2/c1-25-17(24)15-14(19)12-6-5-11(8-13(12)27-15)21-18(26)20-10-4-2-3-9(7-10)16(22)23/h2-8H,1H3,(H,22,23)(H2,20,21,26). The lowest BCUT2D eigenvalue weighted by molar-refractivity contribution is 0.0605. The second kappa shape index (κ2) is 7.91. The zero-order valence-electron chi connectivity index (χ0n) is 13.9. The van der Waals surface area contributed by atoms with E-state index in [9.17, 15) is 9.59 Å². The number of esters is 1. The fraction of sp³-hybridized carbons (Fsp3) is 0.0556. The van der Waals surface area contributed by atoms with Gasteiger partial charge in [-0.3, -0.25) is 0 Å². The van der Waals surface area contributed by atoms with Gasteiger partial charge in [0.25, 0.3) is 0 Å². The molecule has 1 heterocycles. The Labute approximate surface area is 168 Å². The summed E-state index contributed by atoms with van der Waals surface area (Å²) < 4.78 is 5.54. The Kier molecular flexibility index (Phi) is 5.59. The molecule has 6 nitrogen and oxygen atoms in total. The molecule has 0 bridgehead atoms. The van der Waals surface area contributed by atoms with Crippen molar-refractivity contribution in [3.05, 3.63) is 57.9 Å². The Balaban J connectivity index is 1.78. The van der Waals surface area contributed by atoms with E-state index in [2.05, 4.69) is 10.6 Å². The molecule has 1 aromatic heterocycles. The maximum absolute atomic E-state index is 11.8. The number of benzene rings is 2. The summed E-state index contributed by atoms with van der Waals surface area (Å²) in [5, 5.41) is 16.4. The molecule has 2 aromatic carbocycles. The Bertz CT molecular complexity index is 1060. The molecular weight excluding hydrogens is 408 g/mol. The van der Waals surface area contributed by atoms with Crippen LogP contribution in [-0.2, 0) is 4.74 Å². The van der Waals surface area contributed by atoms with Crippen LogP contribution in [0.25, 0.3) is 10.1 Å². The van der Waals surface area contributed by atoms with Gasteiger partial charge in [0.15, 0.2) is 5.11 Å². The summed E-state index contributed by atoms with van der Waals surface area (Å²) in [5.41, 5.74) is 1.41. The number of carbonyl (C=O) groups excluding carboxylic acids is 1. The van der Waals surface area contributed by atoms with E-state index in [1.54, 1.807) is 24.3 Å². The van der Waals surface area contributed by atoms with Crippen LogP contribution in [0.5, 0.6) is 0 Å². The van der Waals surface area contributed by atoms with Gasteiger partial charge in [0.05, 0.1) is 17.7 Å². The molecule has 9 heteroatoms. The second-order valence-electron chi connectivity index (χ2n) is 5.41. The number of rotatable bonds is 4. The first kappa shape index (κ1) is 19.1. The van der Waals surface area contributed by atoms with Crippen LogP contribution < -0.4 is 10.6 Å². The average Bonchev–Trinajstić information content (AvgIpc) is 2.97. The number of carboxylic acids is 1. The van der Waals surface area contributed by atoms with Crippen molar-refractivity contribution in [3.63, 3.8) is 0 Å². The molecule has 0 aliphatic heterocycles. The smallest absolute Gasteiger partial charge is 0.349 e. The number of carbonyl (C=O) groups is 2. The van der Waals surface area contributed by atoms with Crippen LogP contribution in [0.4, 0.5) is 11.4 Å². The fourth-order valence-electron chi connectivity index (χ4n) is 2.39. The number of anilines is 2. The topological polar surface area (TPSA) is 87.7 Å². The minimum atomic E-state index is -1.01. The lowest BCUT2D eigenvalue weighted by atomic mass is 10.2. The highest BCUT2D eigenvalue weighted by Gasteiger charge is 2.17. The lowest BCUT2D eigenvalue weighted by Crippen LogP contribution is -2.19. The largest absolute Gasteiger partial charge is 0.478 e. The Morgan fingerprint density at radius 1 is 1.15 bits per heavy atom. The van der Waals surface area contributed by atoms with Gasteiger partial charge in [-0.2, -0.15) is 0 Å². The molecule has 3 N–H and O–H groups in total. The minimum absolute atomic E-state index is 0.160. The van der Waals surface area contributed by atoms with Gasteiger partial charge >= 0.3 is 11.9 Å². The van der Waals surface area contributed by atoms with Crippen molar-refractivity contribution in [1.82, 2.24) is 0 Å². The summed E-state index contributed by atoms with van der Waals surface area (Å²) in [6.07, 6.45) is 0. The van der Waals surface area contributed by atoms with Gasteiger partial charge in [-0.15, -0.1) is 11.3 Å². The molecule has 0 amide bonds. The maximum Gasteiger partial charge on any atom is 0.349 e. The third-order valence-corrected chi connectivity index (χ3v) is 5.47. The number of methoxy groups -OCH3 is 1. The molecule has 0 aliphatic rings. The molecule has 0 spiro atoms. The van der Waals surface area contributed by atoms with Gasteiger partial charge in [0.1, 0.15) is 4.88 Å². The number of ether oxygens (including phenoxy) is 1. The summed E-state index contributed by atoms with van der Waals surface area (Å²) in [5.74, 6) is -1.50. The van der Waals surface area contributed by atoms with Crippen molar-refractivity contribution in [2.75, 3.05) is 17.7 Å². The normalized spacial score (nSPS) is 10.4. The van der Waals surface area contributed by atoms with Crippen LogP contribution in [0, 0.1) is 0 Å². The number of nitrogens with one attached hydrogen (secondary N) is 2. The molecule has 3 aromatic rings. The summed E-state index contributed by atoms with van der Waals surface area (Å²) in [4.78, 5) is 23.1. The lowest BCUT2D eigenvalue weighted by Gasteiger charge is -2.11. The number of carboxylic acid groups (broad SMARTS) is 1. The van der Waals surface area contributed by atoms with E-state index in [4.69, 9.17) is 33.7 Å². The molecule has 27 heavy (non-hydrogen) atoms. The number of thiophene rings is 1. The van der Waals surface area contributed by atoms with E-state index in [0.29, 0.717) is 26.4 Å². The molecule has 0 radical (unpaired) electrons. The monoisotopic (exact) mass is 420 g/mol. The van der Waals surface area contributed by atoms with E-state index in [-0.39, 0.29) is 5.56 Å². The summed E-state index contributed by atoms with van der Waals surface area (Å²) in [7, 11) is 1.31. The molecule has 3 rings (SSSR count). The predicted molar refractivity (Wildman–Crippen MR) is 111 cm³/mol. The number of aromatic carboxylic acids is 1. The zero-order chi connectivity index (χ0) is 19.6. The Morgan fingerprint density at radius 2 is 1.85 bits per heavy atom. The van der Waals surface area contributed by atoms with Gasteiger partial charge in [-0.1, -0.05) is 17.7 Å². The first-order chi connectivity index (χ1) is 12.9. The number of hydrogen-bond donors (Lipinski definition) is 3. The quantitative estimate of drug-likeness (QED) is 0.410. The molecular formula is C18H13ClN2O4S2. The van der Waals surface area contributed by atoms with Crippen LogP contribution in [0.15, 0.2) is 42.5 Å². The first-order valence-electron chi connectivity index (χ1n) is 7.60. The van der Waals surface area contributed by atoms with E-state index >= 15 is 0 Å². The van der Waals surface area contributed by atoms with Crippen molar-refractivity contribution in [1.29, 1.82) is 0 Å². The van der Waals surface area contributed by atoms with E-state index in [1.165, 1.54) is 30.6 Å². The van der Waals surface area contributed by atoms with Crippen molar-refractivity contribution in [2.45, 2.75) is 0 Å².